The van der Waals surface area contributed by atoms with Gasteiger partial charge in [0, 0.05) is 18.6 Å². The molecule has 0 aliphatic carbocycles. The van der Waals surface area contributed by atoms with Gasteiger partial charge in [0.15, 0.2) is 0 Å². The Labute approximate surface area is 82.1 Å². The van der Waals surface area contributed by atoms with Crippen LogP contribution >= 0.6 is 15.9 Å². The summed E-state index contributed by atoms with van der Waals surface area (Å²) in [5, 5.41) is 5.25. The van der Waals surface area contributed by atoms with E-state index in [1.165, 1.54) is 31.2 Å². The van der Waals surface area contributed by atoms with Crippen LogP contribution in [0.4, 0.5) is 0 Å². The van der Waals surface area contributed by atoms with Gasteiger partial charge >= 0.3 is 0 Å². The van der Waals surface area contributed by atoms with E-state index in [2.05, 4.69) is 27.2 Å². The fourth-order valence-corrected chi connectivity index (χ4v) is 1.60. The van der Waals surface area contributed by atoms with E-state index in [0.29, 0.717) is 0 Å². The zero-order valence-corrected chi connectivity index (χ0v) is 9.05. The van der Waals surface area contributed by atoms with Crippen molar-refractivity contribution in [3.05, 3.63) is 18.0 Å². The average molecular weight is 231 g/mol. The first-order valence-corrected chi connectivity index (χ1v) is 5.48. The van der Waals surface area contributed by atoms with Crippen LogP contribution in [0.3, 0.4) is 0 Å². The molecule has 68 valence electrons. The highest BCUT2D eigenvalue weighted by atomic mass is 79.9. The second kappa shape index (κ2) is 5.36. The molecule has 0 aliphatic rings. The number of aryl methyl sites for hydroxylation is 2. The van der Waals surface area contributed by atoms with Gasteiger partial charge in [0.2, 0.25) is 0 Å². The van der Waals surface area contributed by atoms with E-state index in [1.54, 1.807) is 0 Å². The lowest BCUT2D eigenvalue weighted by Crippen LogP contribution is -1.86. The lowest BCUT2D eigenvalue weighted by Gasteiger charge is -1.95. The molecule has 0 amide bonds. The Balaban J connectivity index is 2.15. The third-order valence-corrected chi connectivity index (χ3v) is 2.42. The molecule has 1 aromatic heterocycles. The number of rotatable bonds is 5. The molecule has 1 aromatic rings. The molecule has 0 aromatic carbocycles. The molecule has 0 saturated heterocycles. The number of nitrogens with zero attached hydrogens (tertiary/aromatic N) is 2. The molecule has 0 N–H and O–H groups in total. The summed E-state index contributed by atoms with van der Waals surface area (Å²) in [6.07, 6.45) is 9.07. The fourth-order valence-electron chi connectivity index (χ4n) is 1.20. The minimum Gasteiger partial charge on any atom is -0.276 e. The van der Waals surface area contributed by atoms with Crippen LogP contribution < -0.4 is 0 Å². The van der Waals surface area contributed by atoms with E-state index in [0.717, 1.165) is 5.33 Å². The van der Waals surface area contributed by atoms with Crippen LogP contribution in [-0.2, 0) is 13.5 Å². The number of aromatic nitrogens is 2. The van der Waals surface area contributed by atoms with Gasteiger partial charge in [0.05, 0.1) is 6.20 Å². The lowest BCUT2D eigenvalue weighted by atomic mass is 10.1. The molecule has 0 atom stereocenters. The van der Waals surface area contributed by atoms with Crippen molar-refractivity contribution in [3.8, 4) is 0 Å². The van der Waals surface area contributed by atoms with E-state index >= 15 is 0 Å². The molecule has 0 aliphatic heterocycles. The normalized spacial score (nSPS) is 10.5. The second-order valence-electron chi connectivity index (χ2n) is 3.02. The Morgan fingerprint density at radius 1 is 1.42 bits per heavy atom. The average Bonchev–Trinajstić information content (AvgIpc) is 2.45. The molecule has 2 nitrogen and oxygen atoms in total. The Morgan fingerprint density at radius 3 is 2.83 bits per heavy atom. The molecule has 0 bridgehead atoms. The van der Waals surface area contributed by atoms with Crippen molar-refractivity contribution in [2.75, 3.05) is 5.33 Å². The maximum absolute atomic E-state index is 4.12. The summed E-state index contributed by atoms with van der Waals surface area (Å²) in [6.45, 7) is 0. The third-order valence-electron chi connectivity index (χ3n) is 1.86. The monoisotopic (exact) mass is 230 g/mol. The first kappa shape index (κ1) is 9.78. The van der Waals surface area contributed by atoms with Gasteiger partial charge < -0.3 is 0 Å². The van der Waals surface area contributed by atoms with Gasteiger partial charge in [-0.15, -0.1) is 0 Å². The standard InChI is InChI=1S/C9H15BrN2/c1-12-8-9(7-11-12)5-3-2-4-6-10/h7-8H,2-6H2,1H3. The minimum absolute atomic E-state index is 1.13. The highest BCUT2D eigenvalue weighted by Gasteiger charge is 1.95. The predicted molar refractivity (Wildman–Crippen MR) is 54.6 cm³/mol. The molecule has 12 heavy (non-hydrogen) atoms. The van der Waals surface area contributed by atoms with Crippen molar-refractivity contribution < 1.29 is 0 Å². The molecule has 0 saturated carbocycles. The van der Waals surface area contributed by atoms with Gasteiger partial charge in [-0.2, -0.15) is 5.10 Å². The van der Waals surface area contributed by atoms with Crippen LogP contribution in [0.15, 0.2) is 12.4 Å². The summed E-state index contributed by atoms with van der Waals surface area (Å²) in [5.74, 6) is 0. The second-order valence-corrected chi connectivity index (χ2v) is 3.81. The maximum atomic E-state index is 4.12. The summed E-state index contributed by atoms with van der Waals surface area (Å²) < 4.78 is 1.86. The Bertz CT molecular complexity index is 220. The van der Waals surface area contributed by atoms with Crippen LogP contribution in [0, 0.1) is 0 Å². The first-order valence-electron chi connectivity index (χ1n) is 4.36. The van der Waals surface area contributed by atoms with E-state index in [1.807, 2.05) is 17.9 Å². The molecule has 0 spiro atoms. The molecular formula is C9H15BrN2. The molecular weight excluding hydrogens is 216 g/mol. The van der Waals surface area contributed by atoms with Gasteiger partial charge in [-0.05, 0) is 24.8 Å². The molecule has 3 heteroatoms. The maximum Gasteiger partial charge on any atom is 0.0521 e. The van der Waals surface area contributed by atoms with Crippen LogP contribution in [0.25, 0.3) is 0 Å². The summed E-state index contributed by atoms with van der Waals surface area (Å²) >= 11 is 3.42. The topological polar surface area (TPSA) is 17.8 Å². The Kier molecular flexibility index (Phi) is 4.36. The fraction of sp³-hybridized carbons (Fsp3) is 0.667. The zero-order valence-electron chi connectivity index (χ0n) is 7.46. The van der Waals surface area contributed by atoms with Crippen molar-refractivity contribution in [1.82, 2.24) is 9.78 Å². The largest absolute Gasteiger partial charge is 0.276 e. The lowest BCUT2D eigenvalue weighted by molar-refractivity contribution is 0.722. The predicted octanol–water partition coefficient (Wildman–Crippen LogP) is 2.53. The van der Waals surface area contributed by atoms with Crippen molar-refractivity contribution in [2.24, 2.45) is 7.05 Å². The highest BCUT2D eigenvalue weighted by molar-refractivity contribution is 9.09. The molecule has 0 radical (unpaired) electrons. The zero-order chi connectivity index (χ0) is 8.81. The number of hydrogen-bond donors (Lipinski definition) is 0. The van der Waals surface area contributed by atoms with Crippen LogP contribution in [-0.4, -0.2) is 15.1 Å². The Morgan fingerprint density at radius 2 is 2.25 bits per heavy atom. The Hall–Kier alpha value is -0.310. The van der Waals surface area contributed by atoms with Crippen molar-refractivity contribution >= 4 is 15.9 Å². The summed E-state index contributed by atoms with van der Waals surface area (Å²) in [5.41, 5.74) is 1.35. The minimum atomic E-state index is 1.13. The van der Waals surface area contributed by atoms with Gasteiger partial charge in [-0.25, -0.2) is 0 Å². The van der Waals surface area contributed by atoms with Crippen LogP contribution in [0.2, 0.25) is 0 Å². The van der Waals surface area contributed by atoms with Crippen LogP contribution in [0.5, 0.6) is 0 Å². The number of hydrogen-bond acceptors (Lipinski definition) is 1. The number of alkyl halides is 1. The van der Waals surface area contributed by atoms with E-state index in [9.17, 15) is 0 Å². The van der Waals surface area contributed by atoms with Gasteiger partial charge in [-0.1, -0.05) is 22.4 Å². The summed E-state index contributed by atoms with van der Waals surface area (Å²) in [6, 6.07) is 0. The van der Waals surface area contributed by atoms with Gasteiger partial charge in [0.1, 0.15) is 0 Å². The summed E-state index contributed by atoms with van der Waals surface area (Å²) in [4.78, 5) is 0. The van der Waals surface area contributed by atoms with Gasteiger partial charge in [-0.3, -0.25) is 4.68 Å². The molecule has 1 rings (SSSR count). The van der Waals surface area contributed by atoms with E-state index < -0.39 is 0 Å². The smallest absolute Gasteiger partial charge is 0.0521 e. The van der Waals surface area contributed by atoms with Gasteiger partial charge in [0.25, 0.3) is 0 Å². The van der Waals surface area contributed by atoms with Crippen molar-refractivity contribution in [3.63, 3.8) is 0 Å². The molecule has 0 fully saturated rings. The quantitative estimate of drug-likeness (QED) is 0.562. The third kappa shape index (κ3) is 3.39. The summed E-state index contributed by atoms with van der Waals surface area (Å²) in [7, 11) is 1.96. The molecule has 1 heterocycles. The van der Waals surface area contributed by atoms with E-state index in [-0.39, 0.29) is 0 Å². The molecule has 0 unspecified atom stereocenters. The van der Waals surface area contributed by atoms with Crippen molar-refractivity contribution in [1.29, 1.82) is 0 Å². The first-order chi connectivity index (χ1) is 5.83. The SMILES string of the molecule is Cn1cc(CCCCCBr)cn1. The van der Waals surface area contributed by atoms with Crippen molar-refractivity contribution in [2.45, 2.75) is 25.7 Å². The van der Waals surface area contributed by atoms with Crippen LogP contribution in [0.1, 0.15) is 24.8 Å². The van der Waals surface area contributed by atoms with E-state index in [4.69, 9.17) is 0 Å². The number of halogens is 1. The highest BCUT2D eigenvalue weighted by Crippen LogP contribution is 2.05. The number of unbranched alkanes of at least 4 members (excludes halogenated alkanes) is 2.